The maximum atomic E-state index is 12.7. The smallest absolute Gasteiger partial charge is 0.338 e. The Labute approximate surface area is 199 Å². The molecule has 9 nitrogen and oxygen atoms in total. The SMILES string of the molecule is COc1cc2c(cc1OC)CN(C(=O)COC(=O)c1ccc3c(c1)CC(C)N3S(C)(=O)=O)CC2. The van der Waals surface area contributed by atoms with E-state index < -0.39 is 16.0 Å². The fraction of sp³-hybridized carbons (Fsp3) is 0.417. The van der Waals surface area contributed by atoms with Crippen molar-refractivity contribution >= 4 is 27.6 Å². The molecule has 1 amide bonds. The highest BCUT2D eigenvalue weighted by molar-refractivity contribution is 7.92. The summed E-state index contributed by atoms with van der Waals surface area (Å²) in [6.45, 7) is 2.35. The second-order valence-corrected chi connectivity index (χ2v) is 10.4. The number of esters is 1. The van der Waals surface area contributed by atoms with Gasteiger partial charge in [0.1, 0.15) is 0 Å². The van der Waals surface area contributed by atoms with Crippen molar-refractivity contribution in [3.05, 3.63) is 52.6 Å². The van der Waals surface area contributed by atoms with Gasteiger partial charge >= 0.3 is 5.97 Å². The number of carbonyl (C=O) groups excluding carboxylic acids is 2. The first-order valence-electron chi connectivity index (χ1n) is 10.9. The first-order chi connectivity index (χ1) is 16.1. The third kappa shape index (κ3) is 4.54. The molecule has 0 radical (unpaired) electrons. The Hall–Kier alpha value is -3.27. The van der Waals surface area contributed by atoms with Crippen LogP contribution in [-0.4, -0.2) is 64.9 Å². The topological polar surface area (TPSA) is 102 Å². The quantitative estimate of drug-likeness (QED) is 0.574. The summed E-state index contributed by atoms with van der Waals surface area (Å²) in [6, 6.07) is 8.35. The van der Waals surface area contributed by atoms with Crippen LogP contribution in [0.25, 0.3) is 0 Å². The van der Waals surface area contributed by atoms with Crippen LogP contribution in [0.3, 0.4) is 0 Å². The summed E-state index contributed by atoms with van der Waals surface area (Å²) in [4.78, 5) is 27.0. The van der Waals surface area contributed by atoms with Crippen molar-refractivity contribution in [3.8, 4) is 11.5 Å². The van der Waals surface area contributed by atoms with Gasteiger partial charge in [0.05, 0.1) is 31.7 Å². The van der Waals surface area contributed by atoms with Gasteiger partial charge in [-0.3, -0.25) is 9.10 Å². The van der Waals surface area contributed by atoms with Crippen LogP contribution < -0.4 is 13.8 Å². The van der Waals surface area contributed by atoms with E-state index in [2.05, 4.69) is 0 Å². The fourth-order valence-electron chi connectivity index (χ4n) is 4.63. The Morgan fingerprint density at radius 2 is 1.71 bits per heavy atom. The van der Waals surface area contributed by atoms with Crippen molar-refractivity contribution in [2.24, 2.45) is 0 Å². The van der Waals surface area contributed by atoms with Crippen molar-refractivity contribution < 1.29 is 32.2 Å². The van der Waals surface area contributed by atoms with Crippen LogP contribution in [0.2, 0.25) is 0 Å². The zero-order chi connectivity index (χ0) is 24.6. The fourth-order valence-corrected chi connectivity index (χ4v) is 5.90. The number of hydrogen-bond acceptors (Lipinski definition) is 7. The third-order valence-electron chi connectivity index (χ3n) is 6.22. The van der Waals surface area contributed by atoms with Crippen molar-refractivity contribution in [3.63, 3.8) is 0 Å². The zero-order valence-electron chi connectivity index (χ0n) is 19.7. The molecule has 2 aliphatic heterocycles. The predicted molar refractivity (Wildman–Crippen MR) is 126 cm³/mol. The van der Waals surface area contributed by atoms with Gasteiger partial charge < -0.3 is 19.1 Å². The summed E-state index contributed by atoms with van der Waals surface area (Å²) < 4.78 is 41.5. The highest BCUT2D eigenvalue weighted by Gasteiger charge is 2.33. The molecule has 0 bridgehead atoms. The van der Waals surface area contributed by atoms with Crippen molar-refractivity contribution in [2.75, 3.05) is 37.9 Å². The number of sulfonamides is 1. The maximum absolute atomic E-state index is 12.7. The molecule has 1 unspecified atom stereocenters. The molecule has 10 heteroatoms. The predicted octanol–water partition coefficient (Wildman–Crippen LogP) is 2.16. The van der Waals surface area contributed by atoms with Crippen LogP contribution in [0, 0.1) is 0 Å². The first kappa shape index (κ1) is 23.9. The molecule has 0 aromatic heterocycles. The van der Waals surface area contributed by atoms with E-state index in [1.54, 1.807) is 31.3 Å². The molecule has 1 atom stereocenters. The van der Waals surface area contributed by atoms with E-state index in [9.17, 15) is 18.0 Å². The maximum Gasteiger partial charge on any atom is 0.338 e. The molecule has 34 heavy (non-hydrogen) atoms. The lowest BCUT2D eigenvalue weighted by atomic mass is 9.99. The largest absolute Gasteiger partial charge is 0.493 e. The first-order valence-corrected chi connectivity index (χ1v) is 12.8. The Kier molecular flexibility index (Phi) is 6.44. The zero-order valence-corrected chi connectivity index (χ0v) is 20.5. The standard InChI is InChI=1S/C24H28N2O7S/c1-15-9-18-10-17(5-6-20(18)26(15)34(4,29)30)24(28)33-14-23(27)25-8-7-16-11-21(31-2)22(32-3)12-19(16)13-25/h5-6,10-12,15H,7-9,13-14H2,1-4H3. The van der Waals surface area contributed by atoms with Crippen molar-refractivity contribution in [1.82, 2.24) is 4.90 Å². The monoisotopic (exact) mass is 488 g/mol. The molecule has 182 valence electrons. The molecule has 2 heterocycles. The molecule has 0 saturated carbocycles. The van der Waals surface area contributed by atoms with E-state index in [4.69, 9.17) is 14.2 Å². The van der Waals surface area contributed by atoms with Crippen LogP contribution >= 0.6 is 0 Å². The van der Waals surface area contributed by atoms with Gasteiger partial charge in [-0.1, -0.05) is 0 Å². The molecule has 0 aliphatic carbocycles. The lowest BCUT2D eigenvalue weighted by Gasteiger charge is -2.29. The molecule has 4 rings (SSSR count). The summed E-state index contributed by atoms with van der Waals surface area (Å²) in [5.41, 5.74) is 3.67. The molecule has 0 spiro atoms. The molecular formula is C24H28N2O7S. The van der Waals surface area contributed by atoms with Gasteiger partial charge in [0.25, 0.3) is 5.91 Å². The molecular weight excluding hydrogens is 460 g/mol. The minimum Gasteiger partial charge on any atom is -0.493 e. The summed E-state index contributed by atoms with van der Waals surface area (Å²) in [5.74, 6) is 0.345. The highest BCUT2D eigenvalue weighted by atomic mass is 32.2. The number of fused-ring (bicyclic) bond motifs is 2. The third-order valence-corrected chi connectivity index (χ3v) is 7.49. The number of benzene rings is 2. The molecule has 0 saturated heterocycles. The number of amides is 1. The van der Waals surface area contributed by atoms with E-state index in [0.29, 0.717) is 43.1 Å². The van der Waals surface area contributed by atoms with Crippen LogP contribution in [0.5, 0.6) is 11.5 Å². The van der Waals surface area contributed by atoms with Gasteiger partial charge in [0, 0.05) is 19.1 Å². The van der Waals surface area contributed by atoms with Gasteiger partial charge in [0.15, 0.2) is 18.1 Å². The van der Waals surface area contributed by atoms with Crippen molar-refractivity contribution in [2.45, 2.75) is 32.4 Å². The number of anilines is 1. The van der Waals surface area contributed by atoms with Crippen LogP contribution in [0.1, 0.15) is 34.0 Å². The van der Waals surface area contributed by atoms with E-state index in [1.165, 1.54) is 10.4 Å². The van der Waals surface area contributed by atoms with E-state index in [-0.39, 0.29) is 24.1 Å². The second-order valence-electron chi connectivity index (χ2n) is 8.57. The van der Waals surface area contributed by atoms with Gasteiger partial charge in [0.2, 0.25) is 10.0 Å². The summed E-state index contributed by atoms with van der Waals surface area (Å²) in [5, 5.41) is 0. The van der Waals surface area contributed by atoms with Gasteiger partial charge in [-0.15, -0.1) is 0 Å². The number of hydrogen-bond donors (Lipinski definition) is 0. The summed E-state index contributed by atoms with van der Waals surface area (Å²) >= 11 is 0. The minimum absolute atomic E-state index is 0.224. The van der Waals surface area contributed by atoms with Gasteiger partial charge in [-0.25, -0.2) is 13.2 Å². The minimum atomic E-state index is -3.41. The second kappa shape index (κ2) is 9.17. The number of rotatable bonds is 6. The van der Waals surface area contributed by atoms with Crippen LogP contribution in [0.15, 0.2) is 30.3 Å². The van der Waals surface area contributed by atoms with Crippen LogP contribution in [-0.2, 0) is 38.9 Å². The van der Waals surface area contributed by atoms with E-state index >= 15 is 0 Å². The Morgan fingerprint density at radius 1 is 1.03 bits per heavy atom. The summed E-state index contributed by atoms with van der Waals surface area (Å²) in [6.07, 6.45) is 2.33. The molecule has 2 aliphatic rings. The molecule has 2 aromatic carbocycles. The lowest BCUT2D eigenvalue weighted by Crippen LogP contribution is -2.38. The number of carbonyl (C=O) groups is 2. The van der Waals surface area contributed by atoms with Crippen LogP contribution in [0.4, 0.5) is 5.69 Å². The number of nitrogens with zero attached hydrogens (tertiary/aromatic N) is 2. The normalized spacial score (nSPS) is 17.1. The molecule has 2 aromatic rings. The van der Waals surface area contributed by atoms with Gasteiger partial charge in [-0.2, -0.15) is 0 Å². The lowest BCUT2D eigenvalue weighted by molar-refractivity contribution is -0.135. The highest BCUT2D eigenvalue weighted by Crippen LogP contribution is 2.35. The number of ether oxygens (including phenoxy) is 3. The Balaban J connectivity index is 1.40. The Morgan fingerprint density at radius 3 is 2.35 bits per heavy atom. The molecule has 0 fully saturated rings. The number of methoxy groups -OCH3 is 2. The summed E-state index contributed by atoms with van der Waals surface area (Å²) in [7, 11) is -0.263. The van der Waals surface area contributed by atoms with Gasteiger partial charge in [-0.05, 0) is 66.8 Å². The van der Waals surface area contributed by atoms with E-state index in [0.717, 1.165) is 22.9 Å². The van der Waals surface area contributed by atoms with E-state index in [1.807, 2.05) is 19.1 Å². The van der Waals surface area contributed by atoms with Crippen molar-refractivity contribution in [1.29, 1.82) is 0 Å². The Bertz CT molecular complexity index is 1240. The molecule has 0 N–H and O–H groups in total. The average molecular weight is 489 g/mol. The average Bonchev–Trinajstić information content (AvgIpc) is 3.16.